The zero-order valence-electron chi connectivity index (χ0n) is 8.50. The van der Waals surface area contributed by atoms with E-state index in [4.69, 9.17) is 10.5 Å². The van der Waals surface area contributed by atoms with Crippen LogP contribution in [0.25, 0.3) is 16.7 Å². The number of hydrogen-bond acceptors (Lipinski definition) is 4. The van der Waals surface area contributed by atoms with Gasteiger partial charge in [-0.3, -0.25) is 0 Å². The SMILES string of the molecule is Nc1ccnc2c1cnn2C1=CCOC=C1. The molecule has 0 spiro atoms. The van der Waals surface area contributed by atoms with Gasteiger partial charge in [0.25, 0.3) is 0 Å². The number of allylic oxidation sites excluding steroid dienone is 2. The van der Waals surface area contributed by atoms with Crippen LogP contribution in [0.3, 0.4) is 0 Å². The van der Waals surface area contributed by atoms with Crippen LogP contribution in [0, 0.1) is 0 Å². The van der Waals surface area contributed by atoms with Crippen LogP contribution in [0.15, 0.2) is 36.9 Å². The Kier molecular flexibility index (Phi) is 1.89. The van der Waals surface area contributed by atoms with Crippen LogP contribution < -0.4 is 5.73 Å². The lowest BCUT2D eigenvalue weighted by molar-refractivity contribution is 0.286. The molecule has 0 aliphatic carbocycles. The molecule has 2 N–H and O–H groups in total. The topological polar surface area (TPSA) is 66.0 Å². The average molecular weight is 214 g/mol. The molecule has 16 heavy (non-hydrogen) atoms. The summed E-state index contributed by atoms with van der Waals surface area (Å²) in [5.74, 6) is 0. The third-order valence-electron chi connectivity index (χ3n) is 2.47. The number of pyridine rings is 1. The molecule has 0 bridgehead atoms. The van der Waals surface area contributed by atoms with Gasteiger partial charge < -0.3 is 10.5 Å². The van der Waals surface area contributed by atoms with Crippen LogP contribution >= 0.6 is 0 Å². The molecule has 2 aromatic rings. The fraction of sp³-hybridized carbons (Fsp3) is 0.0909. The molecule has 0 aromatic carbocycles. The van der Waals surface area contributed by atoms with E-state index >= 15 is 0 Å². The Balaban J connectivity index is 2.21. The molecule has 2 aromatic heterocycles. The molecule has 5 heteroatoms. The van der Waals surface area contributed by atoms with Crippen molar-refractivity contribution in [3.05, 3.63) is 36.9 Å². The van der Waals surface area contributed by atoms with Crippen LogP contribution in [-0.2, 0) is 4.74 Å². The highest BCUT2D eigenvalue weighted by Gasteiger charge is 2.09. The fourth-order valence-electron chi connectivity index (χ4n) is 1.67. The molecule has 0 amide bonds. The number of hydrogen-bond donors (Lipinski definition) is 1. The highest BCUT2D eigenvalue weighted by atomic mass is 16.5. The van der Waals surface area contributed by atoms with Gasteiger partial charge in [-0.05, 0) is 18.2 Å². The number of nitrogens with zero attached hydrogens (tertiary/aromatic N) is 3. The summed E-state index contributed by atoms with van der Waals surface area (Å²) < 4.78 is 6.85. The first-order chi connectivity index (χ1) is 7.86. The van der Waals surface area contributed by atoms with E-state index in [0.717, 1.165) is 16.7 Å². The third kappa shape index (κ3) is 1.25. The van der Waals surface area contributed by atoms with E-state index < -0.39 is 0 Å². The van der Waals surface area contributed by atoms with Gasteiger partial charge in [0.2, 0.25) is 0 Å². The van der Waals surface area contributed by atoms with Gasteiger partial charge >= 0.3 is 0 Å². The molecule has 1 aliphatic heterocycles. The average Bonchev–Trinajstić information content (AvgIpc) is 2.75. The largest absolute Gasteiger partial charge is 0.497 e. The van der Waals surface area contributed by atoms with Crippen molar-refractivity contribution in [2.24, 2.45) is 0 Å². The smallest absolute Gasteiger partial charge is 0.164 e. The van der Waals surface area contributed by atoms with Crippen molar-refractivity contribution >= 4 is 22.4 Å². The van der Waals surface area contributed by atoms with Crippen molar-refractivity contribution in [2.75, 3.05) is 12.3 Å². The number of aromatic nitrogens is 3. The summed E-state index contributed by atoms with van der Waals surface area (Å²) in [6.45, 7) is 0.551. The van der Waals surface area contributed by atoms with E-state index in [0.29, 0.717) is 12.3 Å². The van der Waals surface area contributed by atoms with E-state index in [1.54, 1.807) is 29.4 Å². The van der Waals surface area contributed by atoms with Gasteiger partial charge in [0.15, 0.2) is 5.65 Å². The van der Waals surface area contributed by atoms with E-state index in [9.17, 15) is 0 Å². The normalized spacial score (nSPS) is 14.9. The standard InChI is InChI=1S/C11H10N4O/c12-10-1-4-13-11-9(10)7-14-15(11)8-2-5-16-6-3-8/h1-5,7H,6H2,(H2,12,13). The summed E-state index contributed by atoms with van der Waals surface area (Å²) in [7, 11) is 0. The predicted octanol–water partition coefficient (Wildman–Crippen LogP) is 1.40. The first-order valence-corrected chi connectivity index (χ1v) is 4.93. The monoisotopic (exact) mass is 214 g/mol. The highest BCUT2D eigenvalue weighted by Crippen LogP contribution is 2.21. The van der Waals surface area contributed by atoms with Crippen LogP contribution in [0.4, 0.5) is 5.69 Å². The van der Waals surface area contributed by atoms with E-state index in [1.807, 2.05) is 12.2 Å². The summed E-state index contributed by atoms with van der Waals surface area (Å²) in [6.07, 6.45) is 8.84. The molecular formula is C11H10N4O. The number of anilines is 1. The second-order valence-electron chi connectivity index (χ2n) is 3.46. The maximum atomic E-state index is 5.84. The minimum Gasteiger partial charge on any atom is -0.497 e. The lowest BCUT2D eigenvalue weighted by atomic mass is 10.3. The van der Waals surface area contributed by atoms with Crippen LogP contribution in [0.5, 0.6) is 0 Å². The molecule has 80 valence electrons. The third-order valence-corrected chi connectivity index (χ3v) is 2.47. The number of nitrogens with two attached hydrogens (primary N) is 1. The number of nitrogen functional groups attached to an aromatic ring is 1. The van der Waals surface area contributed by atoms with Gasteiger partial charge in [-0.15, -0.1) is 0 Å². The first kappa shape index (κ1) is 8.96. The Morgan fingerprint density at radius 3 is 3.19 bits per heavy atom. The van der Waals surface area contributed by atoms with Crippen LogP contribution in [-0.4, -0.2) is 21.4 Å². The first-order valence-electron chi connectivity index (χ1n) is 4.93. The van der Waals surface area contributed by atoms with Crippen molar-refractivity contribution in [3.8, 4) is 0 Å². The summed E-state index contributed by atoms with van der Waals surface area (Å²) in [6, 6.07) is 1.77. The summed E-state index contributed by atoms with van der Waals surface area (Å²) in [4.78, 5) is 4.28. The number of fused-ring (bicyclic) bond motifs is 1. The Labute approximate surface area is 91.8 Å². The van der Waals surface area contributed by atoms with Crippen LogP contribution in [0.2, 0.25) is 0 Å². The Morgan fingerprint density at radius 1 is 1.44 bits per heavy atom. The quantitative estimate of drug-likeness (QED) is 0.779. The second-order valence-corrected chi connectivity index (χ2v) is 3.46. The molecule has 1 aliphatic rings. The van der Waals surface area contributed by atoms with Crippen LogP contribution in [0.1, 0.15) is 0 Å². The zero-order chi connectivity index (χ0) is 11.0. The van der Waals surface area contributed by atoms with Gasteiger partial charge in [0, 0.05) is 11.9 Å². The van der Waals surface area contributed by atoms with Crippen molar-refractivity contribution in [3.63, 3.8) is 0 Å². The molecule has 0 radical (unpaired) electrons. The second kappa shape index (κ2) is 3.37. The molecule has 0 fully saturated rings. The maximum absolute atomic E-state index is 5.84. The molecule has 0 atom stereocenters. The summed E-state index contributed by atoms with van der Waals surface area (Å²) >= 11 is 0. The maximum Gasteiger partial charge on any atom is 0.164 e. The Bertz CT molecular complexity index is 597. The predicted molar refractivity (Wildman–Crippen MR) is 61.3 cm³/mol. The van der Waals surface area contributed by atoms with Crippen molar-refractivity contribution in [1.29, 1.82) is 0 Å². The van der Waals surface area contributed by atoms with Crippen molar-refractivity contribution in [2.45, 2.75) is 0 Å². The lowest BCUT2D eigenvalue weighted by Gasteiger charge is -2.08. The zero-order valence-corrected chi connectivity index (χ0v) is 8.50. The minimum atomic E-state index is 0.551. The van der Waals surface area contributed by atoms with Gasteiger partial charge in [0.05, 0.1) is 23.5 Å². The van der Waals surface area contributed by atoms with E-state index in [-0.39, 0.29) is 0 Å². The minimum absolute atomic E-state index is 0.551. The van der Waals surface area contributed by atoms with E-state index in [2.05, 4.69) is 10.1 Å². The van der Waals surface area contributed by atoms with E-state index in [1.165, 1.54) is 0 Å². The summed E-state index contributed by atoms with van der Waals surface area (Å²) in [5, 5.41) is 5.14. The fourth-order valence-corrected chi connectivity index (χ4v) is 1.67. The molecule has 0 saturated carbocycles. The van der Waals surface area contributed by atoms with Crippen molar-refractivity contribution < 1.29 is 4.74 Å². The number of ether oxygens (including phenoxy) is 1. The summed E-state index contributed by atoms with van der Waals surface area (Å²) in [5.41, 5.74) is 8.24. The lowest BCUT2D eigenvalue weighted by Crippen LogP contribution is -2.02. The van der Waals surface area contributed by atoms with Gasteiger partial charge in [-0.25, -0.2) is 9.67 Å². The molecule has 0 saturated heterocycles. The molecular weight excluding hydrogens is 204 g/mol. The highest BCUT2D eigenvalue weighted by molar-refractivity contribution is 5.89. The molecule has 5 nitrogen and oxygen atoms in total. The Hall–Kier alpha value is -2.30. The number of rotatable bonds is 1. The van der Waals surface area contributed by atoms with Gasteiger partial charge in [-0.1, -0.05) is 0 Å². The Morgan fingerprint density at radius 2 is 2.38 bits per heavy atom. The molecule has 3 rings (SSSR count). The molecule has 3 heterocycles. The molecule has 0 unspecified atom stereocenters. The van der Waals surface area contributed by atoms with Crippen molar-refractivity contribution in [1.82, 2.24) is 14.8 Å². The van der Waals surface area contributed by atoms with Gasteiger partial charge in [-0.2, -0.15) is 5.10 Å². The van der Waals surface area contributed by atoms with Gasteiger partial charge in [0.1, 0.15) is 6.61 Å².